The van der Waals surface area contributed by atoms with Crippen LogP contribution < -0.4 is 0 Å². The molecule has 2 unspecified atom stereocenters. The second-order valence-electron chi connectivity index (χ2n) is 12.5. The summed E-state index contributed by atoms with van der Waals surface area (Å²) in [6.07, 6.45) is 0.650. The van der Waals surface area contributed by atoms with Crippen molar-refractivity contribution in [2.24, 2.45) is 0 Å². The van der Waals surface area contributed by atoms with Gasteiger partial charge in [0.25, 0.3) is 0 Å². The van der Waals surface area contributed by atoms with Crippen LogP contribution in [0.5, 0.6) is 0 Å². The molecule has 6 aromatic carbocycles. The van der Waals surface area contributed by atoms with E-state index in [4.69, 9.17) is 6.64 Å². The van der Waals surface area contributed by atoms with Crippen LogP contribution in [0.4, 0.5) is 8.78 Å². The fourth-order valence-corrected chi connectivity index (χ4v) is 15.1. The van der Waals surface area contributed by atoms with Crippen LogP contribution in [-0.4, -0.2) is 11.9 Å². The molecule has 4 nitrogen and oxygen atoms in total. The van der Waals surface area contributed by atoms with Crippen LogP contribution in [0.3, 0.4) is 0 Å². The van der Waals surface area contributed by atoms with E-state index < -0.39 is 49.4 Å². The van der Waals surface area contributed by atoms with Gasteiger partial charge < -0.3 is 0 Å². The van der Waals surface area contributed by atoms with E-state index in [9.17, 15) is 18.4 Å². The summed E-state index contributed by atoms with van der Waals surface area (Å²) in [4.78, 5) is 28.9. The molecule has 1 heterocycles. The average Bonchev–Trinajstić information content (AvgIpc) is 3.63. The van der Waals surface area contributed by atoms with Gasteiger partial charge >= 0.3 is 281 Å². The Bertz CT molecular complexity index is 2140. The molecule has 3 aliphatic rings. The molecule has 0 N–H and O–H groups in total. The molecule has 9 rings (SSSR count). The molecular formula is C41H26F2O4Ti. The summed E-state index contributed by atoms with van der Waals surface area (Å²) in [6.45, 7) is 0. The zero-order valence-corrected chi connectivity index (χ0v) is 27.0. The number of benzene rings is 6. The van der Waals surface area contributed by atoms with Gasteiger partial charge in [-0.2, -0.15) is 0 Å². The standard InChI is InChI=1S/C27H18.2C7H5FO2.Ti/c1-3-11-22-20(7-1)16-26-18(9-5-13-24(22)26)15-19-10-6-14-25-23-12-4-2-8-21(23)17-27(19)25;2*8-6-3-1-5(2-4-6)7(9)10;/h1-14,16-17H,15H2;2*1-4H,(H,9,10);/q;;;+2/p-2. The molecule has 0 bridgehead atoms. The fraction of sp³-hybridized carbons (Fsp3) is 0.0732. The Labute approximate surface area is 279 Å². The zero-order chi connectivity index (χ0) is 32.6. The summed E-state index contributed by atoms with van der Waals surface area (Å²) in [5, 5.41) is 0. The summed E-state index contributed by atoms with van der Waals surface area (Å²) in [7, 11) is 0. The zero-order valence-electron chi connectivity index (χ0n) is 25.5. The van der Waals surface area contributed by atoms with Gasteiger partial charge in [-0.15, -0.1) is 0 Å². The molecule has 0 radical (unpaired) electrons. The number of hydrogen-bond acceptors (Lipinski definition) is 4. The monoisotopic (exact) mass is 668 g/mol. The van der Waals surface area contributed by atoms with Gasteiger partial charge in [-0.25, -0.2) is 0 Å². The fourth-order valence-electron chi connectivity index (χ4n) is 8.03. The van der Waals surface area contributed by atoms with E-state index in [-0.39, 0.29) is 11.1 Å². The Kier molecular flexibility index (Phi) is 6.61. The van der Waals surface area contributed by atoms with Crippen molar-refractivity contribution in [3.8, 4) is 22.3 Å². The van der Waals surface area contributed by atoms with Gasteiger partial charge in [0, 0.05) is 0 Å². The molecule has 0 aromatic heterocycles. The molecule has 2 aliphatic carbocycles. The Morgan fingerprint density at radius 3 is 1.33 bits per heavy atom. The van der Waals surface area contributed by atoms with Gasteiger partial charge in [-0.1, -0.05) is 0 Å². The second kappa shape index (κ2) is 10.9. The number of halogens is 2. The summed E-state index contributed by atoms with van der Waals surface area (Å²) in [5.74, 6) is -2.34. The molecule has 232 valence electrons. The van der Waals surface area contributed by atoms with Crippen LogP contribution in [0.15, 0.2) is 133 Å². The SMILES string of the molecule is O=C([O][Ti]1([O]C(=O)c2ccc(F)cc2)[CH]2c3ccccc3-c3cccc(c32)Cc2cccc3c2[CH]1c1ccccc1-3)c1ccc(F)cc1. The van der Waals surface area contributed by atoms with Crippen molar-refractivity contribution in [2.75, 3.05) is 0 Å². The second-order valence-corrected chi connectivity index (χ2v) is 17.2. The predicted octanol–water partition coefficient (Wildman–Crippen LogP) is 9.41. The first-order valence-corrected chi connectivity index (χ1v) is 18.9. The van der Waals surface area contributed by atoms with Crippen LogP contribution in [0.1, 0.15) is 62.5 Å². The Morgan fingerprint density at radius 1 is 0.500 bits per heavy atom. The molecule has 0 amide bonds. The molecule has 48 heavy (non-hydrogen) atoms. The molecule has 6 aromatic rings. The maximum absolute atomic E-state index is 14.5. The topological polar surface area (TPSA) is 52.6 Å². The van der Waals surface area contributed by atoms with Crippen molar-refractivity contribution in [3.63, 3.8) is 0 Å². The quantitative estimate of drug-likeness (QED) is 0.176. The van der Waals surface area contributed by atoms with E-state index in [1.54, 1.807) is 0 Å². The Balaban J connectivity index is 1.39. The van der Waals surface area contributed by atoms with Crippen LogP contribution in [-0.2, 0) is 30.4 Å². The van der Waals surface area contributed by atoms with Crippen molar-refractivity contribution in [1.82, 2.24) is 0 Å². The molecule has 0 fully saturated rings. The summed E-state index contributed by atoms with van der Waals surface area (Å²) < 4.78 is 40.9. The van der Waals surface area contributed by atoms with Gasteiger partial charge in [0.1, 0.15) is 0 Å². The predicted molar refractivity (Wildman–Crippen MR) is 174 cm³/mol. The molecular weight excluding hydrogens is 642 g/mol. The van der Waals surface area contributed by atoms with Gasteiger partial charge in [0.15, 0.2) is 0 Å². The van der Waals surface area contributed by atoms with Crippen LogP contribution in [0, 0.1) is 11.6 Å². The molecule has 0 saturated heterocycles. The molecule has 1 aliphatic heterocycles. The van der Waals surface area contributed by atoms with E-state index in [2.05, 4.69) is 36.4 Å². The molecule has 7 heteroatoms. The van der Waals surface area contributed by atoms with Crippen LogP contribution >= 0.6 is 0 Å². The number of hydrogen-bond donors (Lipinski definition) is 0. The number of carbonyl (C=O) groups excluding carboxylic acids is 2. The van der Waals surface area contributed by atoms with Crippen molar-refractivity contribution >= 4 is 11.9 Å². The van der Waals surface area contributed by atoms with Crippen LogP contribution in [0.2, 0.25) is 0 Å². The van der Waals surface area contributed by atoms with Crippen molar-refractivity contribution in [2.45, 2.75) is 14.9 Å². The first kappa shape index (κ1) is 29.0. The van der Waals surface area contributed by atoms with Gasteiger partial charge in [0.05, 0.1) is 0 Å². The number of carbonyl (C=O) groups is 2. The van der Waals surface area contributed by atoms with E-state index in [0.717, 1.165) is 55.6 Å². The number of rotatable bonds is 4. The maximum atomic E-state index is 14.5. The van der Waals surface area contributed by atoms with Crippen molar-refractivity contribution in [3.05, 3.63) is 190 Å². The third kappa shape index (κ3) is 4.29. The van der Waals surface area contributed by atoms with E-state index >= 15 is 0 Å². The van der Waals surface area contributed by atoms with Crippen molar-refractivity contribution in [1.29, 1.82) is 0 Å². The Morgan fingerprint density at radius 2 is 0.896 bits per heavy atom. The van der Waals surface area contributed by atoms with E-state index in [1.807, 2.05) is 48.5 Å². The van der Waals surface area contributed by atoms with E-state index in [1.165, 1.54) is 48.5 Å². The summed E-state index contributed by atoms with van der Waals surface area (Å²) in [6, 6.07) is 39.0. The first-order valence-electron chi connectivity index (χ1n) is 15.8. The van der Waals surface area contributed by atoms with Gasteiger partial charge in [0.2, 0.25) is 0 Å². The minimum atomic E-state index is -5.15. The minimum absolute atomic E-state index is 0.154. The normalized spacial score (nSPS) is 17.2. The average molecular weight is 669 g/mol. The van der Waals surface area contributed by atoms with Gasteiger partial charge in [-0.05, 0) is 0 Å². The van der Waals surface area contributed by atoms with Crippen molar-refractivity contribution < 1.29 is 42.4 Å². The summed E-state index contributed by atoms with van der Waals surface area (Å²) >= 11 is -5.15. The van der Waals surface area contributed by atoms with Crippen LogP contribution in [0.25, 0.3) is 22.3 Å². The van der Waals surface area contributed by atoms with Gasteiger partial charge in [-0.3, -0.25) is 0 Å². The number of fused-ring (bicyclic) bond motifs is 6. The third-order valence-electron chi connectivity index (χ3n) is 9.94. The third-order valence-corrected chi connectivity index (χ3v) is 15.9. The Hall–Kier alpha value is -5.17. The molecule has 0 spiro atoms. The van der Waals surface area contributed by atoms with E-state index in [0.29, 0.717) is 6.42 Å². The molecule has 2 atom stereocenters. The first-order chi connectivity index (χ1) is 23.4. The molecule has 0 saturated carbocycles. The summed E-state index contributed by atoms with van der Waals surface area (Å²) in [5.41, 5.74) is 10.4.